The molecule has 0 aliphatic heterocycles. The van der Waals surface area contributed by atoms with Crippen LogP contribution in [0.15, 0.2) is 17.5 Å². The van der Waals surface area contributed by atoms with Gasteiger partial charge in [-0.05, 0) is 23.8 Å². The standard InChI is InChI=1S/C12H21NO2S/c1-9(2)6-10(14)7-13-8-11(15)12-4-3-5-16-12/h3-5,9-11,13-15H,6-8H2,1-2H3. The van der Waals surface area contributed by atoms with Gasteiger partial charge in [0.15, 0.2) is 0 Å². The van der Waals surface area contributed by atoms with Gasteiger partial charge in [0, 0.05) is 18.0 Å². The normalized spacial score (nSPS) is 15.3. The van der Waals surface area contributed by atoms with Crippen LogP contribution in [0.4, 0.5) is 0 Å². The van der Waals surface area contributed by atoms with Crippen LogP contribution < -0.4 is 5.32 Å². The first-order valence-corrected chi connectivity index (χ1v) is 6.57. The van der Waals surface area contributed by atoms with E-state index in [1.54, 1.807) is 11.3 Å². The zero-order chi connectivity index (χ0) is 12.0. The maximum Gasteiger partial charge on any atom is 0.101 e. The van der Waals surface area contributed by atoms with E-state index >= 15 is 0 Å². The molecule has 3 nitrogen and oxygen atoms in total. The highest BCUT2D eigenvalue weighted by molar-refractivity contribution is 7.10. The van der Waals surface area contributed by atoms with E-state index in [-0.39, 0.29) is 6.10 Å². The van der Waals surface area contributed by atoms with Crippen LogP contribution in [0.1, 0.15) is 31.2 Å². The average Bonchev–Trinajstić information content (AvgIpc) is 2.68. The summed E-state index contributed by atoms with van der Waals surface area (Å²) in [6, 6.07) is 3.85. The molecular formula is C12H21NO2S. The lowest BCUT2D eigenvalue weighted by molar-refractivity contribution is 0.132. The van der Waals surface area contributed by atoms with Gasteiger partial charge in [0.1, 0.15) is 6.10 Å². The summed E-state index contributed by atoms with van der Waals surface area (Å²) in [4.78, 5) is 0.964. The molecule has 0 bridgehead atoms. The number of thiophene rings is 1. The highest BCUT2D eigenvalue weighted by atomic mass is 32.1. The predicted molar refractivity (Wildman–Crippen MR) is 67.6 cm³/mol. The first-order chi connectivity index (χ1) is 7.59. The van der Waals surface area contributed by atoms with E-state index in [0.717, 1.165) is 11.3 Å². The lowest BCUT2D eigenvalue weighted by Crippen LogP contribution is -2.30. The number of aliphatic hydroxyl groups is 2. The second-order valence-corrected chi connectivity index (χ2v) is 5.45. The second kappa shape index (κ2) is 7.01. The van der Waals surface area contributed by atoms with Crippen molar-refractivity contribution in [2.75, 3.05) is 13.1 Å². The van der Waals surface area contributed by atoms with E-state index in [1.165, 1.54) is 0 Å². The van der Waals surface area contributed by atoms with Crippen molar-refractivity contribution in [3.8, 4) is 0 Å². The third-order valence-electron chi connectivity index (χ3n) is 2.33. The highest BCUT2D eigenvalue weighted by Crippen LogP contribution is 2.17. The van der Waals surface area contributed by atoms with Crippen LogP contribution in [0.3, 0.4) is 0 Å². The Morgan fingerprint density at radius 3 is 2.62 bits per heavy atom. The molecule has 92 valence electrons. The average molecular weight is 243 g/mol. The molecule has 0 amide bonds. The van der Waals surface area contributed by atoms with Gasteiger partial charge in [0.05, 0.1) is 6.10 Å². The lowest BCUT2D eigenvalue weighted by atomic mass is 10.1. The summed E-state index contributed by atoms with van der Waals surface area (Å²) in [6.45, 7) is 5.21. The lowest BCUT2D eigenvalue weighted by Gasteiger charge is -2.15. The van der Waals surface area contributed by atoms with E-state index in [2.05, 4.69) is 19.2 Å². The Hall–Kier alpha value is -0.420. The fourth-order valence-electron chi connectivity index (χ4n) is 1.60. The fraction of sp³-hybridized carbons (Fsp3) is 0.667. The maximum absolute atomic E-state index is 9.77. The van der Waals surface area contributed by atoms with Gasteiger partial charge in [-0.3, -0.25) is 0 Å². The molecule has 0 saturated heterocycles. The van der Waals surface area contributed by atoms with E-state index in [1.807, 2.05) is 17.5 Å². The monoisotopic (exact) mass is 243 g/mol. The summed E-state index contributed by atoms with van der Waals surface area (Å²) in [7, 11) is 0. The van der Waals surface area contributed by atoms with Crippen LogP contribution in [0.25, 0.3) is 0 Å². The Bertz CT molecular complexity index is 275. The molecule has 0 aromatic carbocycles. The summed E-state index contributed by atoms with van der Waals surface area (Å²) in [5.41, 5.74) is 0. The first kappa shape index (κ1) is 13.6. The molecule has 1 aromatic rings. The summed E-state index contributed by atoms with van der Waals surface area (Å²) >= 11 is 1.55. The Labute approximate surface area is 101 Å². The molecule has 2 atom stereocenters. The molecule has 0 aliphatic carbocycles. The van der Waals surface area contributed by atoms with Crippen LogP contribution in [-0.4, -0.2) is 29.4 Å². The third kappa shape index (κ3) is 5.07. The van der Waals surface area contributed by atoms with Crippen molar-refractivity contribution in [3.63, 3.8) is 0 Å². The predicted octanol–water partition coefficient (Wildman–Crippen LogP) is 1.78. The van der Waals surface area contributed by atoms with Gasteiger partial charge in [-0.25, -0.2) is 0 Å². The van der Waals surface area contributed by atoms with Crippen LogP contribution >= 0.6 is 11.3 Å². The number of hydrogen-bond donors (Lipinski definition) is 3. The molecule has 2 unspecified atom stereocenters. The van der Waals surface area contributed by atoms with Gasteiger partial charge in [0.2, 0.25) is 0 Å². The Balaban J connectivity index is 2.15. The Morgan fingerprint density at radius 2 is 2.06 bits per heavy atom. The SMILES string of the molecule is CC(C)CC(O)CNCC(O)c1cccs1. The van der Waals surface area contributed by atoms with Gasteiger partial charge >= 0.3 is 0 Å². The molecule has 4 heteroatoms. The van der Waals surface area contributed by atoms with Crippen molar-refractivity contribution >= 4 is 11.3 Å². The molecule has 16 heavy (non-hydrogen) atoms. The molecule has 0 fully saturated rings. The van der Waals surface area contributed by atoms with Gasteiger partial charge in [-0.1, -0.05) is 19.9 Å². The molecule has 0 radical (unpaired) electrons. The van der Waals surface area contributed by atoms with Gasteiger partial charge < -0.3 is 15.5 Å². The second-order valence-electron chi connectivity index (χ2n) is 4.47. The summed E-state index contributed by atoms with van der Waals surface area (Å²) in [5.74, 6) is 0.499. The highest BCUT2D eigenvalue weighted by Gasteiger charge is 2.10. The summed E-state index contributed by atoms with van der Waals surface area (Å²) in [6.07, 6.45) is 0.00373. The molecule has 0 aliphatic rings. The minimum atomic E-state index is -0.466. The van der Waals surface area contributed by atoms with E-state index in [4.69, 9.17) is 0 Å². The van der Waals surface area contributed by atoms with Crippen molar-refractivity contribution < 1.29 is 10.2 Å². The number of nitrogens with one attached hydrogen (secondary N) is 1. The molecular weight excluding hydrogens is 222 g/mol. The fourth-order valence-corrected chi connectivity index (χ4v) is 2.31. The topological polar surface area (TPSA) is 52.5 Å². The van der Waals surface area contributed by atoms with E-state index < -0.39 is 6.10 Å². The smallest absolute Gasteiger partial charge is 0.101 e. The molecule has 3 N–H and O–H groups in total. The van der Waals surface area contributed by atoms with Crippen LogP contribution in [0.2, 0.25) is 0 Å². The molecule has 0 spiro atoms. The first-order valence-electron chi connectivity index (χ1n) is 5.70. The number of hydrogen-bond acceptors (Lipinski definition) is 4. The Morgan fingerprint density at radius 1 is 1.31 bits per heavy atom. The quantitative estimate of drug-likeness (QED) is 0.684. The van der Waals surface area contributed by atoms with Gasteiger partial charge in [-0.2, -0.15) is 0 Å². The maximum atomic E-state index is 9.77. The number of aliphatic hydroxyl groups excluding tert-OH is 2. The van der Waals surface area contributed by atoms with Crippen LogP contribution in [-0.2, 0) is 0 Å². The molecule has 1 rings (SSSR count). The zero-order valence-corrected chi connectivity index (χ0v) is 10.7. The van der Waals surface area contributed by atoms with Crippen LogP contribution in [0, 0.1) is 5.92 Å². The van der Waals surface area contributed by atoms with Gasteiger partial charge in [-0.15, -0.1) is 11.3 Å². The minimum absolute atomic E-state index is 0.324. The summed E-state index contributed by atoms with van der Waals surface area (Å²) in [5, 5.41) is 24.4. The van der Waals surface area contributed by atoms with Gasteiger partial charge in [0.25, 0.3) is 0 Å². The van der Waals surface area contributed by atoms with Crippen molar-refractivity contribution in [2.24, 2.45) is 5.92 Å². The van der Waals surface area contributed by atoms with Crippen molar-refractivity contribution in [3.05, 3.63) is 22.4 Å². The zero-order valence-electron chi connectivity index (χ0n) is 9.89. The molecule has 1 aromatic heterocycles. The minimum Gasteiger partial charge on any atom is -0.392 e. The summed E-state index contributed by atoms with van der Waals surface area (Å²) < 4.78 is 0. The van der Waals surface area contributed by atoms with Crippen molar-refractivity contribution in [2.45, 2.75) is 32.5 Å². The third-order valence-corrected chi connectivity index (χ3v) is 3.31. The molecule has 0 saturated carbocycles. The molecule has 1 heterocycles. The van der Waals surface area contributed by atoms with E-state index in [0.29, 0.717) is 19.0 Å². The van der Waals surface area contributed by atoms with Crippen molar-refractivity contribution in [1.29, 1.82) is 0 Å². The Kier molecular flexibility index (Phi) is 5.98. The van der Waals surface area contributed by atoms with Crippen molar-refractivity contribution in [1.82, 2.24) is 5.32 Å². The van der Waals surface area contributed by atoms with E-state index in [9.17, 15) is 10.2 Å². The number of rotatable bonds is 7. The largest absolute Gasteiger partial charge is 0.392 e. The van der Waals surface area contributed by atoms with Crippen LogP contribution in [0.5, 0.6) is 0 Å².